The molecular formula is C2H12N10O2. The number of quaternary nitrogens is 1. The largest absolute Gasteiger partial charge is 0.633 e. The van der Waals surface area contributed by atoms with Gasteiger partial charge in [-0.25, -0.2) is 0 Å². The van der Waals surface area contributed by atoms with E-state index in [9.17, 15) is 10.1 Å². The van der Waals surface area contributed by atoms with Crippen molar-refractivity contribution in [3.8, 4) is 0 Å². The van der Waals surface area contributed by atoms with Crippen LogP contribution in [0.15, 0.2) is 5.29 Å². The number of hydrazine groups is 7. The van der Waals surface area contributed by atoms with Crippen molar-refractivity contribution in [3.63, 3.8) is 0 Å². The number of hydroxylamine groups is 2. The first kappa shape index (κ1) is 11.1. The van der Waals surface area contributed by atoms with Gasteiger partial charge in [-0.05, 0) is 0 Å². The summed E-state index contributed by atoms with van der Waals surface area (Å²) >= 11 is 0. The summed E-state index contributed by atoms with van der Waals surface area (Å²) in [6.45, 7) is 0.539. The topological polar surface area (TPSA) is 153 Å². The van der Waals surface area contributed by atoms with Crippen LogP contribution in [0.1, 0.15) is 0 Å². The normalized spacial score (nSPS) is 24.6. The summed E-state index contributed by atoms with van der Waals surface area (Å²) in [5, 5.41) is 12.9. The Balaban J connectivity index is 1.69. The zero-order chi connectivity index (χ0) is 10.2. The van der Waals surface area contributed by atoms with Crippen LogP contribution in [0.2, 0.25) is 0 Å². The quantitative estimate of drug-likeness (QED) is 0.0589. The van der Waals surface area contributed by atoms with Gasteiger partial charge in [0.05, 0.1) is 5.29 Å². The van der Waals surface area contributed by atoms with Crippen LogP contribution in [-0.2, 0) is 0 Å². The molecule has 0 bridgehead atoms. The molecule has 1 aliphatic heterocycles. The van der Waals surface area contributed by atoms with Crippen molar-refractivity contribution in [2.24, 2.45) is 5.29 Å². The van der Waals surface area contributed by atoms with E-state index in [1.54, 1.807) is 0 Å². The maximum Gasteiger partial charge on any atom is 0.205 e. The molecule has 82 valence electrons. The zero-order valence-corrected chi connectivity index (χ0v) is 7.05. The Morgan fingerprint density at radius 1 is 1.14 bits per heavy atom. The van der Waals surface area contributed by atoms with Crippen LogP contribution >= 0.6 is 0 Å². The van der Waals surface area contributed by atoms with Crippen LogP contribution < -0.4 is 49.2 Å². The third kappa shape index (κ3) is 4.92. The van der Waals surface area contributed by atoms with Crippen molar-refractivity contribution in [2.45, 2.75) is 6.17 Å². The lowest BCUT2D eigenvalue weighted by Crippen LogP contribution is -2.90. The molecule has 0 amide bonds. The van der Waals surface area contributed by atoms with E-state index in [4.69, 9.17) is 0 Å². The molecule has 2 atom stereocenters. The van der Waals surface area contributed by atoms with Crippen molar-refractivity contribution in [1.82, 2.24) is 44.2 Å². The van der Waals surface area contributed by atoms with Crippen molar-refractivity contribution in [3.05, 3.63) is 10.1 Å². The first-order valence-electron chi connectivity index (χ1n) is 3.70. The molecule has 1 saturated heterocycles. The molecule has 0 aromatic rings. The standard InChI is InChI=1S/C2H12N10O2/c13-11-10-9-8-7-6-5-4-3-2-1-12(2)14/h2,12H,1H2,(H4,3,5,7,9,11)(H4,4,6,8,10,13). The Morgan fingerprint density at radius 2 is 1.71 bits per heavy atom. The number of nitrogens with zero attached hydrogens (tertiary/aromatic N) is 1. The van der Waals surface area contributed by atoms with Crippen LogP contribution in [0.5, 0.6) is 0 Å². The van der Waals surface area contributed by atoms with Gasteiger partial charge in [0.1, 0.15) is 6.54 Å². The van der Waals surface area contributed by atoms with Gasteiger partial charge in [-0.2, -0.15) is 38.6 Å². The highest BCUT2D eigenvalue weighted by Crippen LogP contribution is 1.73. The van der Waals surface area contributed by atoms with Gasteiger partial charge in [0.15, 0.2) is 0 Å². The Labute approximate surface area is 78.5 Å². The highest BCUT2D eigenvalue weighted by atomic mass is 16.5. The Bertz CT molecular complexity index is 164. The second kappa shape index (κ2) is 6.49. The number of nitrogens with one attached hydrogen (secondary N) is 9. The number of hydrogen-bond donors (Lipinski definition) is 9. The van der Waals surface area contributed by atoms with Gasteiger partial charge in [-0.15, -0.1) is 10.4 Å². The number of hydrogen-bond acceptors (Lipinski definition) is 10. The Kier molecular flexibility index (Phi) is 5.15. The highest BCUT2D eigenvalue weighted by Gasteiger charge is 2.32. The molecule has 0 radical (unpaired) electrons. The summed E-state index contributed by atoms with van der Waals surface area (Å²) in [7, 11) is 0. The third-order valence-corrected chi connectivity index (χ3v) is 1.29. The first-order valence-corrected chi connectivity index (χ1v) is 3.70. The van der Waals surface area contributed by atoms with Crippen molar-refractivity contribution >= 4 is 0 Å². The van der Waals surface area contributed by atoms with Gasteiger partial charge in [0.2, 0.25) is 6.17 Å². The molecule has 0 saturated carbocycles. The molecule has 0 spiro atoms. The molecule has 2 unspecified atom stereocenters. The predicted molar refractivity (Wildman–Crippen MR) is 43.9 cm³/mol. The van der Waals surface area contributed by atoms with E-state index in [1.807, 2.05) is 5.53 Å². The molecular weight excluding hydrogens is 196 g/mol. The van der Waals surface area contributed by atoms with Gasteiger partial charge >= 0.3 is 0 Å². The Morgan fingerprint density at radius 3 is 2.29 bits per heavy atom. The summed E-state index contributed by atoms with van der Waals surface area (Å²) in [5.74, 6) is 0. The van der Waals surface area contributed by atoms with E-state index in [-0.39, 0.29) is 11.2 Å². The van der Waals surface area contributed by atoms with E-state index in [2.05, 4.69) is 43.9 Å². The maximum absolute atomic E-state index is 10.5. The smallest absolute Gasteiger partial charge is 0.205 e. The van der Waals surface area contributed by atoms with Crippen molar-refractivity contribution in [2.75, 3.05) is 6.54 Å². The van der Waals surface area contributed by atoms with Crippen LogP contribution in [-0.4, -0.2) is 12.7 Å². The molecule has 1 rings (SSSR count). The van der Waals surface area contributed by atoms with E-state index in [1.165, 1.54) is 0 Å². The summed E-state index contributed by atoms with van der Waals surface area (Å²) < 4.78 is 0. The Hall–Kier alpha value is -0.960. The minimum atomic E-state index is -0.115. The van der Waals surface area contributed by atoms with Crippen molar-refractivity contribution in [1.29, 1.82) is 0 Å². The maximum atomic E-state index is 10.5. The first-order chi connectivity index (χ1) is 6.84. The van der Waals surface area contributed by atoms with E-state index < -0.39 is 0 Å². The van der Waals surface area contributed by atoms with Crippen LogP contribution in [0.3, 0.4) is 0 Å². The number of rotatable bonds is 9. The fourth-order valence-corrected chi connectivity index (χ4v) is 0.573. The summed E-state index contributed by atoms with van der Waals surface area (Å²) in [5.41, 5.74) is 18.7. The van der Waals surface area contributed by atoms with Crippen LogP contribution in [0.4, 0.5) is 0 Å². The van der Waals surface area contributed by atoms with Gasteiger partial charge in [0.25, 0.3) is 0 Å². The van der Waals surface area contributed by atoms with Gasteiger partial charge in [-0.3, -0.25) is 0 Å². The molecule has 1 fully saturated rings. The molecule has 14 heavy (non-hydrogen) atoms. The van der Waals surface area contributed by atoms with E-state index in [0.29, 0.717) is 6.54 Å². The predicted octanol–water partition coefficient (Wildman–Crippen LogP) is -5.49. The molecule has 0 aromatic carbocycles. The van der Waals surface area contributed by atoms with Gasteiger partial charge in [-0.1, -0.05) is 0 Å². The molecule has 12 heteroatoms. The monoisotopic (exact) mass is 208 g/mol. The van der Waals surface area contributed by atoms with Crippen LogP contribution in [0.25, 0.3) is 0 Å². The second-order valence-corrected chi connectivity index (χ2v) is 2.32. The fraction of sp³-hybridized carbons (Fsp3) is 1.00. The second-order valence-electron chi connectivity index (χ2n) is 2.32. The lowest BCUT2D eigenvalue weighted by molar-refractivity contribution is -0.717. The third-order valence-electron chi connectivity index (χ3n) is 1.29. The average molecular weight is 208 g/mol. The fourth-order valence-electron chi connectivity index (χ4n) is 0.573. The minimum absolute atomic E-state index is 0.115. The summed E-state index contributed by atoms with van der Waals surface area (Å²) in [6, 6.07) is 0. The summed E-state index contributed by atoms with van der Waals surface area (Å²) in [4.78, 5) is 9.47. The lowest BCUT2D eigenvalue weighted by atomic mass is 10.8. The van der Waals surface area contributed by atoms with Crippen LogP contribution in [0, 0.1) is 10.1 Å². The molecule has 1 aliphatic rings. The number of nitroso groups, excluding NO2 is 1. The molecule has 0 aliphatic carbocycles. The average Bonchev–Trinajstić information content (AvgIpc) is 2.87. The zero-order valence-electron chi connectivity index (χ0n) is 7.05. The molecule has 1 heterocycles. The van der Waals surface area contributed by atoms with E-state index >= 15 is 0 Å². The van der Waals surface area contributed by atoms with Gasteiger partial charge in [0, 0.05) is 0 Å². The lowest BCUT2D eigenvalue weighted by Gasteiger charge is -2.10. The summed E-state index contributed by atoms with van der Waals surface area (Å²) in [6.07, 6.45) is -0.115. The van der Waals surface area contributed by atoms with E-state index in [0.717, 1.165) is 0 Å². The SMILES string of the molecule is O=NNNNNNNNNC1C[NH+]1[O-]. The molecule has 9 N–H and O–H groups in total. The molecule has 0 aromatic heterocycles. The minimum Gasteiger partial charge on any atom is -0.633 e. The highest BCUT2D eigenvalue weighted by molar-refractivity contribution is 4.57. The van der Waals surface area contributed by atoms with Gasteiger partial charge < -0.3 is 10.3 Å². The van der Waals surface area contributed by atoms with Crippen molar-refractivity contribution < 1.29 is 5.06 Å². The molecule has 12 nitrogen and oxygen atoms in total.